The molecule has 12 rings (SSSR count). The van der Waals surface area contributed by atoms with E-state index in [2.05, 4.69) is 51.6 Å². The van der Waals surface area contributed by atoms with Crippen LogP contribution in [-0.2, 0) is 34.0 Å². The molecular weight excluding hydrogens is 1240 g/mol. The predicted octanol–water partition coefficient (Wildman–Crippen LogP) is 10.6. The van der Waals surface area contributed by atoms with Crippen molar-refractivity contribution in [2.45, 2.75) is 41.9 Å². The van der Waals surface area contributed by atoms with Crippen molar-refractivity contribution in [3.05, 3.63) is 195 Å². The van der Waals surface area contributed by atoms with E-state index in [9.17, 15) is 14.4 Å². The molecule has 0 saturated carbocycles. The lowest BCUT2D eigenvalue weighted by Gasteiger charge is -2.13. The second kappa shape index (κ2) is 34.8. The van der Waals surface area contributed by atoms with Crippen LogP contribution in [0.25, 0.3) is 66.9 Å². The van der Waals surface area contributed by atoms with E-state index in [-0.39, 0.29) is 34.1 Å². The molecule has 12 aromatic rings. The molecule has 0 aliphatic carbocycles. The summed E-state index contributed by atoms with van der Waals surface area (Å²) in [6.45, 7) is 3.03. The molecule has 98 heavy (non-hydrogen) atoms. The zero-order valence-corrected chi connectivity index (χ0v) is 52.0. The van der Waals surface area contributed by atoms with Crippen LogP contribution in [0.15, 0.2) is 195 Å². The third-order valence-electron chi connectivity index (χ3n) is 14.2. The average Bonchev–Trinajstić information content (AvgIpc) is 1.63. The van der Waals surface area contributed by atoms with E-state index < -0.39 is 5.91 Å². The molecular formula is C73H77N19O6. The van der Waals surface area contributed by atoms with Crippen molar-refractivity contribution in [3.63, 3.8) is 0 Å². The van der Waals surface area contributed by atoms with E-state index in [1.165, 1.54) is 30.0 Å². The van der Waals surface area contributed by atoms with E-state index in [1.54, 1.807) is 21.1 Å². The minimum atomic E-state index is -0.477. The number of aromatic nitrogens is 12. The third-order valence-corrected chi connectivity index (χ3v) is 14.2. The number of rotatable bonds is 21. The number of hydrogen-bond donors (Lipinski definition) is 5. The van der Waals surface area contributed by atoms with Crippen LogP contribution >= 0.6 is 0 Å². The summed E-state index contributed by atoms with van der Waals surface area (Å²) in [4.78, 5) is 63.8. The molecule has 0 radical (unpaired) electrons. The van der Waals surface area contributed by atoms with Crippen LogP contribution in [0.3, 0.4) is 0 Å². The van der Waals surface area contributed by atoms with Gasteiger partial charge in [0.15, 0.2) is 16.9 Å². The van der Waals surface area contributed by atoms with Crippen molar-refractivity contribution in [3.8, 4) is 93.0 Å². The van der Waals surface area contributed by atoms with E-state index in [0.29, 0.717) is 131 Å². The first-order valence-corrected chi connectivity index (χ1v) is 29.7. The Labute approximate surface area is 568 Å². The number of nitrogens with one attached hydrogen (secondary N) is 2. The van der Waals surface area contributed by atoms with Crippen LogP contribution in [-0.4, -0.2) is 134 Å². The standard InChI is InChI=1S/C25H27N7O2.C23H20N6O2.C22H18N6O2.3CH4/c1-31(2)15-6-9-21(33)27-14-16-32-25-22(24(26)28-17-29-25)23(30-32)18-10-12-20(13-11-18)34-19-7-4-3-5-8-19;1-3-19(30)28(2)13-14-29-23-20(22(24)25-15-26-23)21(27-29)16-9-11-18(12-10-16)31-17-7-5-4-6-8-17;1-2-18(29)24-12-13-28-22-19(21(23)25-14-26-22)20(27-28)15-8-10-17(11-9-15)30-16-6-4-3-5-7-16;;;/h3-13,17H,14-16H2,1-2H3,(H,27,33)(H2,26,28,29);1,4-12,15H,13-14H2,2H3,(H2,24,25,26);1,3-11,14H,12-13H2,(H,24,29)(H2,23,25,26);3*1H4/b9-6+;;;;;. The van der Waals surface area contributed by atoms with Gasteiger partial charge in [0, 0.05) is 56.0 Å². The summed E-state index contributed by atoms with van der Waals surface area (Å²) in [5.41, 5.74) is 24.8. The van der Waals surface area contributed by atoms with Crippen LogP contribution in [0.2, 0.25) is 0 Å². The largest absolute Gasteiger partial charge is 0.457 e. The van der Waals surface area contributed by atoms with Gasteiger partial charge in [-0.15, -0.1) is 12.8 Å². The third kappa shape index (κ3) is 18.4. The number of anilines is 3. The zero-order chi connectivity index (χ0) is 66.6. The highest BCUT2D eigenvalue weighted by atomic mass is 16.5. The lowest BCUT2D eigenvalue weighted by molar-refractivity contribution is -0.124. The highest BCUT2D eigenvalue weighted by Crippen LogP contribution is 2.35. The summed E-state index contributed by atoms with van der Waals surface area (Å²) >= 11 is 0. The molecule has 0 unspecified atom stereocenters. The zero-order valence-electron chi connectivity index (χ0n) is 52.0. The van der Waals surface area contributed by atoms with E-state index in [4.69, 9.17) is 54.5 Å². The molecule has 0 spiro atoms. The fourth-order valence-corrected chi connectivity index (χ4v) is 9.58. The molecule has 0 bridgehead atoms. The molecule has 3 amide bonds. The van der Waals surface area contributed by atoms with Gasteiger partial charge in [-0.1, -0.05) is 83.0 Å². The van der Waals surface area contributed by atoms with Gasteiger partial charge in [0.25, 0.3) is 11.8 Å². The van der Waals surface area contributed by atoms with Gasteiger partial charge < -0.3 is 51.8 Å². The summed E-state index contributed by atoms with van der Waals surface area (Å²) in [6, 6.07) is 51.4. The molecule has 6 aromatic heterocycles. The van der Waals surface area contributed by atoms with Crippen molar-refractivity contribution >= 4 is 68.3 Å². The quantitative estimate of drug-likeness (QED) is 0.0330. The molecule has 6 heterocycles. The lowest BCUT2D eigenvalue weighted by Crippen LogP contribution is -2.29. The van der Waals surface area contributed by atoms with Crippen LogP contribution < -0.4 is 42.0 Å². The fourth-order valence-electron chi connectivity index (χ4n) is 9.58. The van der Waals surface area contributed by atoms with Crippen molar-refractivity contribution in [1.29, 1.82) is 0 Å². The SMILES string of the molecule is C.C.C.C#CC(=O)N(C)CCn1nc(-c2ccc(Oc3ccccc3)cc2)c2c(N)ncnc21.C#CC(=O)NCCn1nc(-c2ccc(Oc3ccccc3)cc2)c2c(N)ncnc21.CN(C)C/C=C/C(=O)NCCn1nc(-c2ccc(Oc3ccccc3)cc2)c2c(N)ncnc21. The molecule has 8 N–H and O–H groups in total. The summed E-state index contributed by atoms with van der Waals surface area (Å²) in [6.07, 6.45) is 17.8. The molecule has 500 valence electrons. The van der Waals surface area contributed by atoms with Gasteiger partial charge in [-0.3, -0.25) is 14.4 Å². The Balaban J connectivity index is 0.000000204. The van der Waals surface area contributed by atoms with Crippen molar-refractivity contribution < 1.29 is 28.6 Å². The molecule has 0 aliphatic heterocycles. The monoisotopic (exact) mass is 1320 g/mol. The van der Waals surface area contributed by atoms with Crippen molar-refractivity contribution in [1.82, 2.24) is 79.7 Å². The van der Waals surface area contributed by atoms with Crippen LogP contribution in [0, 0.1) is 24.7 Å². The van der Waals surface area contributed by atoms with E-state index in [1.807, 2.05) is 195 Å². The smallest absolute Gasteiger partial charge is 0.298 e. The number of likely N-dealkylation sites (N-methyl/N-ethyl adjacent to an activating group) is 2. The summed E-state index contributed by atoms with van der Waals surface area (Å²) in [5, 5.41) is 21.5. The number of terminal acetylenes is 2. The van der Waals surface area contributed by atoms with Gasteiger partial charge in [0.2, 0.25) is 5.91 Å². The summed E-state index contributed by atoms with van der Waals surface area (Å²) in [5.74, 6) is 8.52. The first-order valence-electron chi connectivity index (χ1n) is 29.7. The number of carbonyl (C=O) groups excluding carboxylic acids is 3. The number of carbonyl (C=O) groups is 3. The molecule has 6 aromatic carbocycles. The number of amides is 3. The highest BCUT2D eigenvalue weighted by molar-refractivity contribution is 6.00. The number of fused-ring (bicyclic) bond motifs is 3. The minimum Gasteiger partial charge on any atom is -0.457 e. The Morgan fingerprint density at radius 1 is 0.469 bits per heavy atom. The van der Waals surface area contributed by atoms with Crippen LogP contribution in [0.4, 0.5) is 17.5 Å². The maximum Gasteiger partial charge on any atom is 0.298 e. The molecule has 0 saturated heterocycles. The van der Waals surface area contributed by atoms with E-state index in [0.717, 1.165) is 33.9 Å². The second-order valence-corrected chi connectivity index (χ2v) is 21.1. The number of ether oxygens (including phenoxy) is 3. The maximum atomic E-state index is 12.0. The number of nitrogen functional groups attached to an aromatic ring is 3. The van der Waals surface area contributed by atoms with Gasteiger partial charge in [-0.2, -0.15) is 15.3 Å². The predicted molar refractivity (Wildman–Crippen MR) is 384 cm³/mol. The van der Waals surface area contributed by atoms with E-state index >= 15 is 0 Å². The molecule has 0 aliphatic rings. The van der Waals surface area contributed by atoms with Gasteiger partial charge >= 0.3 is 0 Å². The molecule has 0 atom stereocenters. The fraction of sp³-hybridized carbons (Fsp3) is 0.178. The van der Waals surface area contributed by atoms with Gasteiger partial charge in [-0.25, -0.2) is 43.9 Å². The Hall–Kier alpha value is -13.0. The van der Waals surface area contributed by atoms with Crippen molar-refractivity contribution in [2.75, 3.05) is 64.5 Å². The minimum absolute atomic E-state index is 0. The number of nitrogens with zero attached hydrogens (tertiary/aromatic N) is 14. The topological polar surface area (TPSA) is 318 Å². The summed E-state index contributed by atoms with van der Waals surface area (Å²) < 4.78 is 22.7. The highest BCUT2D eigenvalue weighted by Gasteiger charge is 2.21. The number of para-hydroxylation sites is 3. The maximum absolute atomic E-state index is 12.0. The Kier molecular flexibility index (Phi) is 25.7. The number of nitrogens with two attached hydrogens (primary N) is 3. The van der Waals surface area contributed by atoms with Gasteiger partial charge in [-0.05, 0) is 135 Å². The average molecular weight is 1320 g/mol. The Bertz CT molecular complexity index is 4720. The first-order chi connectivity index (χ1) is 46.2. The number of benzene rings is 6. The summed E-state index contributed by atoms with van der Waals surface area (Å²) in [7, 11) is 5.53. The second-order valence-electron chi connectivity index (χ2n) is 21.1. The van der Waals surface area contributed by atoms with Crippen LogP contribution in [0.1, 0.15) is 22.3 Å². The Morgan fingerprint density at radius 3 is 1.14 bits per heavy atom. The molecule has 25 heteroatoms. The van der Waals surface area contributed by atoms with Gasteiger partial charge in [0.05, 0.1) is 35.8 Å². The normalized spacial score (nSPS) is 10.5. The molecule has 25 nitrogen and oxygen atoms in total. The Morgan fingerprint density at radius 2 is 0.806 bits per heavy atom. The first kappa shape index (κ1) is 72.4. The number of hydrogen-bond acceptors (Lipinski definition) is 19. The molecule has 0 fully saturated rings. The lowest BCUT2D eigenvalue weighted by atomic mass is 10.1. The van der Waals surface area contributed by atoms with Crippen molar-refractivity contribution in [2.24, 2.45) is 0 Å². The van der Waals surface area contributed by atoms with Gasteiger partial charge in [0.1, 0.15) is 88.0 Å². The van der Waals surface area contributed by atoms with Crippen LogP contribution in [0.5, 0.6) is 34.5 Å².